The Balaban J connectivity index is 1.67. The van der Waals surface area contributed by atoms with E-state index in [0.717, 1.165) is 11.3 Å². The van der Waals surface area contributed by atoms with Crippen molar-refractivity contribution in [2.75, 3.05) is 13.7 Å². The summed E-state index contributed by atoms with van der Waals surface area (Å²) in [6, 6.07) is 15.2. The molecule has 0 aliphatic carbocycles. The van der Waals surface area contributed by atoms with Gasteiger partial charge in [-0.3, -0.25) is 4.57 Å². The summed E-state index contributed by atoms with van der Waals surface area (Å²) in [4.78, 5) is 16.3. The summed E-state index contributed by atoms with van der Waals surface area (Å²) in [7, 11) is -2.54. The number of rotatable bonds is 10. The van der Waals surface area contributed by atoms with Crippen LogP contribution in [0.2, 0.25) is 10.0 Å². The highest BCUT2D eigenvalue weighted by atomic mass is 35.5. The molecular formula is C29H29Cl2FN4O4S2. The average molecular weight is 652 g/mol. The highest BCUT2D eigenvalue weighted by Crippen LogP contribution is 2.39. The molecule has 0 saturated heterocycles. The van der Waals surface area contributed by atoms with Crippen LogP contribution < -0.4 is 14.8 Å². The maximum atomic E-state index is 13.8. The van der Waals surface area contributed by atoms with E-state index < -0.39 is 21.5 Å². The summed E-state index contributed by atoms with van der Waals surface area (Å²) < 4.78 is 48.3. The standard InChI is InChI=1S/C29H29Cl2FN4O4S2/c1-5-33-27(37)35-42(38,39)22-12-6-18(24(31)15-22)17-41-28-34-16-26(36(28)21-10-8-20(32)9-11-21)29(2,3)19-7-13-23(30)25(14-19)40-4/h6-16H,5,17H2,1-4H3,(H2,33,35,37). The number of carbonyl (C=O) groups excluding carboxylic acids is 1. The number of thioether (sulfide) groups is 1. The van der Waals surface area contributed by atoms with Crippen molar-refractivity contribution in [1.82, 2.24) is 19.6 Å². The van der Waals surface area contributed by atoms with Crippen LogP contribution in [0.4, 0.5) is 9.18 Å². The first kappa shape index (κ1) is 31.7. The Labute approximate surface area is 258 Å². The van der Waals surface area contributed by atoms with Crippen molar-refractivity contribution in [3.05, 3.63) is 99.5 Å². The molecule has 0 unspecified atom stereocenters. The lowest BCUT2D eigenvalue weighted by Crippen LogP contribution is -2.39. The summed E-state index contributed by atoms with van der Waals surface area (Å²) in [6.07, 6.45) is 1.77. The molecule has 2 amide bonds. The molecule has 8 nitrogen and oxygen atoms in total. The third kappa shape index (κ3) is 6.86. The van der Waals surface area contributed by atoms with Crippen molar-refractivity contribution in [3.63, 3.8) is 0 Å². The second kappa shape index (κ2) is 12.9. The van der Waals surface area contributed by atoms with Crippen LogP contribution in [0.15, 0.2) is 76.9 Å². The van der Waals surface area contributed by atoms with Crippen LogP contribution in [0.5, 0.6) is 5.75 Å². The number of methoxy groups -OCH3 is 1. The van der Waals surface area contributed by atoms with E-state index in [4.69, 9.17) is 32.9 Å². The minimum absolute atomic E-state index is 0.136. The Kier molecular flexibility index (Phi) is 9.77. The number of nitrogens with zero attached hydrogens (tertiary/aromatic N) is 2. The first-order valence-electron chi connectivity index (χ1n) is 12.8. The fraction of sp³-hybridized carbons (Fsp3) is 0.241. The van der Waals surface area contributed by atoms with Gasteiger partial charge in [0.1, 0.15) is 11.6 Å². The van der Waals surface area contributed by atoms with Gasteiger partial charge in [-0.25, -0.2) is 27.3 Å². The van der Waals surface area contributed by atoms with Crippen molar-refractivity contribution in [3.8, 4) is 11.4 Å². The highest BCUT2D eigenvalue weighted by Gasteiger charge is 2.30. The van der Waals surface area contributed by atoms with Gasteiger partial charge in [-0.1, -0.05) is 60.9 Å². The Morgan fingerprint density at radius 3 is 2.43 bits per heavy atom. The number of hydrogen-bond acceptors (Lipinski definition) is 6. The Bertz CT molecular complexity index is 1710. The van der Waals surface area contributed by atoms with Crippen LogP contribution in [-0.2, 0) is 21.2 Å². The second-order valence-corrected chi connectivity index (χ2v) is 13.2. The molecule has 0 fully saturated rings. The molecule has 0 aliphatic heterocycles. The van der Waals surface area contributed by atoms with Gasteiger partial charge < -0.3 is 10.1 Å². The largest absolute Gasteiger partial charge is 0.495 e. The number of hydrogen-bond donors (Lipinski definition) is 2. The monoisotopic (exact) mass is 650 g/mol. The minimum Gasteiger partial charge on any atom is -0.495 e. The number of amides is 2. The molecule has 222 valence electrons. The molecule has 42 heavy (non-hydrogen) atoms. The maximum absolute atomic E-state index is 13.8. The molecular weight excluding hydrogens is 622 g/mol. The third-order valence-electron chi connectivity index (χ3n) is 6.58. The van der Waals surface area contributed by atoms with E-state index in [0.29, 0.717) is 32.9 Å². The van der Waals surface area contributed by atoms with Gasteiger partial charge in [0.25, 0.3) is 10.0 Å². The van der Waals surface area contributed by atoms with Crippen molar-refractivity contribution < 1.29 is 22.3 Å². The predicted molar refractivity (Wildman–Crippen MR) is 164 cm³/mol. The fourth-order valence-corrected chi connectivity index (χ4v) is 6.78. The van der Waals surface area contributed by atoms with Gasteiger partial charge in [-0.2, -0.15) is 0 Å². The van der Waals surface area contributed by atoms with Crippen molar-refractivity contribution in [2.24, 2.45) is 0 Å². The quantitative estimate of drug-likeness (QED) is 0.180. The molecule has 1 aromatic heterocycles. The van der Waals surface area contributed by atoms with Crippen LogP contribution in [0.1, 0.15) is 37.6 Å². The van der Waals surface area contributed by atoms with E-state index in [1.807, 2.05) is 35.3 Å². The number of aromatic nitrogens is 2. The number of urea groups is 1. The molecule has 0 atom stereocenters. The van der Waals surface area contributed by atoms with Gasteiger partial charge in [-0.15, -0.1) is 0 Å². The molecule has 3 aromatic carbocycles. The molecule has 0 aliphatic rings. The third-order valence-corrected chi connectivity index (χ3v) is 9.58. The lowest BCUT2D eigenvalue weighted by Gasteiger charge is -2.28. The lowest BCUT2D eigenvalue weighted by molar-refractivity contribution is 0.246. The topological polar surface area (TPSA) is 102 Å². The molecule has 0 saturated carbocycles. The van der Waals surface area contributed by atoms with Crippen molar-refractivity contribution in [1.29, 1.82) is 0 Å². The van der Waals surface area contributed by atoms with Gasteiger partial charge >= 0.3 is 6.03 Å². The lowest BCUT2D eigenvalue weighted by atomic mass is 9.81. The normalized spacial score (nSPS) is 11.8. The average Bonchev–Trinajstić information content (AvgIpc) is 3.37. The van der Waals surface area contributed by atoms with Crippen LogP contribution in [0.3, 0.4) is 0 Å². The summed E-state index contributed by atoms with van der Waals surface area (Å²) >= 11 is 14.1. The molecule has 0 spiro atoms. The van der Waals surface area contributed by atoms with E-state index >= 15 is 0 Å². The van der Waals surface area contributed by atoms with E-state index in [2.05, 4.69) is 5.32 Å². The Morgan fingerprint density at radius 2 is 1.79 bits per heavy atom. The number of ether oxygens (including phenoxy) is 1. The molecule has 1 heterocycles. The number of sulfonamides is 1. The number of benzene rings is 3. The number of imidazole rings is 1. The van der Waals surface area contributed by atoms with E-state index in [1.54, 1.807) is 44.5 Å². The molecule has 0 radical (unpaired) electrons. The zero-order valence-electron chi connectivity index (χ0n) is 23.2. The molecule has 4 rings (SSSR count). The summed E-state index contributed by atoms with van der Waals surface area (Å²) in [5, 5.41) is 3.72. The van der Waals surface area contributed by atoms with Gasteiger partial charge in [0, 0.05) is 28.4 Å². The summed E-state index contributed by atoms with van der Waals surface area (Å²) in [6.45, 7) is 6.05. The van der Waals surface area contributed by atoms with Crippen molar-refractivity contribution >= 4 is 51.0 Å². The number of nitrogens with one attached hydrogen (secondary N) is 2. The maximum Gasteiger partial charge on any atom is 0.328 e. The zero-order chi connectivity index (χ0) is 30.7. The van der Waals surface area contributed by atoms with Crippen molar-refractivity contribution in [2.45, 2.75) is 42.0 Å². The van der Waals surface area contributed by atoms with E-state index in [9.17, 15) is 17.6 Å². The van der Waals surface area contributed by atoms with Crippen LogP contribution >= 0.6 is 35.0 Å². The summed E-state index contributed by atoms with van der Waals surface area (Å²) in [5.41, 5.74) is 2.58. The van der Waals surface area contributed by atoms with Gasteiger partial charge in [-0.05, 0) is 66.6 Å². The van der Waals surface area contributed by atoms with Crippen LogP contribution in [0, 0.1) is 5.82 Å². The summed E-state index contributed by atoms with van der Waals surface area (Å²) in [5.74, 6) is 0.543. The molecule has 2 N–H and O–H groups in total. The van der Waals surface area contributed by atoms with E-state index in [1.165, 1.54) is 36.0 Å². The van der Waals surface area contributed by atoms with Crippen LogP contribution in [0.25, 0.3) is 5.69 Å². The molecule has 4 aromatic rings. The predicted octanol–water partition coefficient (Wildman–Crippen LogP) is 6.95. The van der Waals surface area contributed by atoms with E-state index in [-0.39, 0.29) is 22.3 Å². The first-order valence-corrected chi connectivity index (χ1v) is 16.0. The second-order valence-electron chi connectivity index (χ2n) is 9.72. The smallest absolute Gasteiger partial charge is 0.328 e. The van der Waals surface area contributed by atoms with Gasteiger partial charge in [0.15, 0.2) is 5.16 Å². The Hall–Kier alpha value is -3.25. The minimum atomic E-state index is -4.10. The van der Waals surface area contributed by atoms with Gasteiger partial charge in [0.05, 0.1) is 28.9 Å². The fourth-order valence-electron chi connectivity index (χ4n) is 4.25. The Morgan fingerprint density at radius 1 is 1.07 bits per heavy atom. The first-order chi connectivity index (χ1) is 19.9. The molecule has 13 heteroatoms. The number of halogens is 3. The van der Waals surface area contributed by atoms with Gasteiger partial charge in [0.2, 0.25) is 0 Å². The number of carbonyl (C=O) groups is 1. The van der Waals surface area contributed by atoms with Crippen LogP contribution in [-0.4, -0.2) is 37.7 Å². The zero-order valence-corrected chi connectivity index (χ0v) is 26.4. The SMILES string of the molecule is CCNC(=O)NS(=O)(=O)c1ccc(CSc2ncc(C(C)(C)c3ccc(Cl)c(OC)c3)n2-c2ccc(F)cc2)c(Cl)c1. The highest BCUT2D eigenvalue weighted by molar-refractivity contribution is 7.98. The molecule has 0 bridgehead atoms.